The molecule has 1 atom stereocenters. The second kappa shape index (κ2) is 4.30. The van der Waals surface area contributed by atoms with Crippen LogP contribution in [-0.2, 0) is 4.74 Å². The van der Waals surface area contributed by atoms with Gasteiger partial charge in [0.05, 0.1) is 6.17 Å². The van der Waals surface area contributed by atoms with Gasteiger partial charge in [-0.2, -0.15) is 0 Å². The fraction of sp³-hybridized carbons (Fsp3) is 0.750. The lowest BCUT2D eigenvalue weighted by atomic mass is 10.2. The van der Waals surface area contributed by atoms with Crippen molar-refractivity contribution in [1.29, 1.82) is 0 Å². The molecule has 0 saturated heterocycles. The number of amides is 1. The van der Waals surface area contributed by atoms with Crippen LogP contribution < -0.4 is 11.1 Å². The van der Waals surface area contributed by atoms with Crippen molar-refractivity contribution in [2.24, 2.45) is 5.73 Å². The zero-order valence-electron chi connectivity index (χ0n) is 8.05. The van der Waals surface area contributed by atoms with Crippen molar-refractivity contribution < 1.29 is 9.53 Å². The smallest absolute Gasteiger partial charge is 0.408 e. The first-order valence-corrected chi connectivity index (χ1v) is 3.90. The van der Waals surface area contributed by atoms with Crippen LogP contribution >= 0.6 is 0 Å². The van der Waals surface area contributed by atoms with Crippen molar-refractivity contribution in [3.05, 3.63) is 6.42 Å². The molecule has 0 bridgehead atoms. The molecule has 4 nitrogen and oxygen atoms in total. The van der Waals surface area contributed by atoms with Crippen LogP contribution in [0.15, 0.2) is 0 Å². The van der Waals surface area contributed by atoms with E-state index < -0.39 is 17.9 Å². The first-order chi connectivity index (χ1) is 5.35. The van der Waals surface area contributed by atoms with Gasteiger partial charge in [-0.3, -0.25) is 0 Å². The van der Waals surface area contributed by atoms with E-state index in [-0.39, 0.29) is 0 Å². The highest BCUT2D eigenvalue weighted by molar-refractivity contribution is 5.68. The molecule has 4 heteroatoms. The third-order valence-corrected chi connectivity index (χ3v) is 1.04. The minimum atomic E-state index is -0.493. The normalized spacial score (nSPS) is 13.8. The molecule has 0 aromatic carbocycles. The van der Waals surface area contributed by atoms with E-state index in [9.17, 15) is 4.79 Å². The van der Waals surface area contributed by atoms with Crippen LogP contribution in [0.5, 0.6) is 0 Å². The van der Waals surface area contributed by atoms with Gasteiger partial charge in [0, 0.05) is 0 Å². The van der Waals surface area contributed by atoms with Gasteiger partial charge in [-0.1, -0.05) is 6.92 Å². The third kappa shape index (κ3) is 5.97. The number of nitrogens with one attached hydrogen (secondary N) is 1. The molecule has 0 aliphatic rings. The van der Waals surface area contributed by atoms with Crippen molar-refractivity contribution in [3.8, 4) is 0 Å². The highest BCUT2D eigenvalue weighted by Crippen LogP contribution is 2.06. The van der Waals surface area contributed by atoms with E-state index in [0.717, 1.165) is 0 Å². The molecule has 1 unspecified atom stereocenters. The third-order valence-electron chi connectivity index (χ3n) is 1.04. The number of hydrogen-bond acceptors (Lipinski definition) is 3. The summed E-state index contributed by atoms with van der Waals surface area (Å²) in [5.41, 5.74) is 4.95. The Balaban J connectivity index is 3.75. The summed E-state index contributed by atoms with van der Waals surface area (Å²) in [6.45, 7) is 7.16. The zero-order chi connectivity index (χ0) is 9.78. The Labute approximate surface area is 73.5 Å². The predicted octanol–water partition coefficient (Wildman–Crippen LogP) is 1.02. The van der Waals surface area contributed by atoms with Gasteiger partial charge in [0.2, 0.25) is 0 Å². The minimum Gasteiger partial charge on any atom is -0.444 e. The van der Waals surface area contributed by atoms with Gasteiger partial charge in [-0.25, -0.2) is 4.79 Å². The molecule has 0 aromatic rings. The largest absolute Gasteiger partial charge is 0.444 e. The van der Waals surface area contributed by atoms with E-state index in [1.807, 2.05) is 0 Å². The molecule has 12 heavy (non-hydrogen) atoms. The number of nitrogens with two attached hydrogens (primary N) is 1. The van der Waals surface area contributed by atoms with Gasteiger partial charge in [-0.15, -0.1) is 0 Å². The van der Waals surface area contributed by atoms with E-state index >= 15 is 0 Å². The maximum Gasteiger partial charge on any atom is 0.408 e. The van der Waals surface area contributed by atoms with Crippen LogP contribution in [0.2, 0.25) is 0 Å². The van der Waals surface area contributed by atoms with Gasteiger partial charge < -0.3 is 15.8 Å². The number of rotatable bonds is 2. The SMILES string of the molecule is C[CH]C(N)NC(=O)OC(C)(C)C. The monoisotopic (exact) mass is 173 g/mol. The maximum absolute atomic E-state index is 11.0. The summed E-state index contributed by atoms with van der Waals surface area (Å²) in [5, 5.41) is 2.45. The van der Waals surface area contributed by atoms with Crippen LogP contribution in [0.25, 0.3) is 0 Å². The Morgan fingerprint density at radius 3 is 2.42 bits per heavy atom. The molecule has 0 aliphatic heterocycles. The van der Waals surface area contributed by atoms with E-state index in [2.05, 4.69) is 5.32 Å². The summed E-state index contributed by atoms with van der Waals surface area (Å²) in [6.07, 6.45) is 0.733. The molecule has 0 rings (SSSR count). The van der Waals surface area contributed by atoms with Crippen LogP contribution in [0.3, 0.4) is 0 Å². The lowest BCUT2D eigenvalue weighted by Gasteiger charge is -2.21. The molecular weight excluding hydrogens is 156 g/mol. The fourth-order valence-corrected chi connectivity index (χ4v) is 0.527. The Kier molecular flexibility index (Phi) is 4.03. The summed E-state index contributed by atoms with van der Waals surface area (Å²) < 4.78 is 4.96. The standard InChI is InChI=1S/C8H17N2O2/c1-5-6(9)10-7(11)12-8(2,3)4/h5-6H,9H2,1-4H3,(H,10,11). The van der Waals surface area contributed by atoms with Gasteiger partial charge in [0.15, 0.2) is 0 Å². The number of hydrogen-bond donors (Lipinski definition) is 2. The average molecular weight is 173 g/mol. The molecular formula is C8H17N2O2. The first-order valence-electron chi connectivity index (χ1n) is 3.90. The minimum absolute atomic E-state index is 0.445. The van der Waals surface area contributed by atoms with E-state index in [1.165, 1.54) is 0 Å². The average Bonchev–Trinajstić information content (AvgIpc) is 1.82. The summed E-state index contributed by atoms with van der Waals surface area (Å²) in [7, 11) is 0. The predicted molar refractivity (Wildman–Crippen MR) is 47.3 cm³/mol. The van der Waals surface area contributed by atoms with Crippen LogP contribution in [0.4, 0.5) is 4.79 Å². The van der Waals surface area contributed by atoms with Crippen molar-refractivity contribution in [2.75, 3.05) is 0 Å². The summed E-state index contributed by atoms with van der Waals surface area (Å²) >= 11 is 0. The highest BCUT2D eigenvalue weighted by atomic mass is 16.6. The number of carbonyl (C=O) groups excluding carboxylic acids is 1. The first kappa shape index (κ1) is 11.2. The molecule has 0 fully saturated rings. The van der Waals surface area contributed by atoms with Crippen molar-refractivity contribution in [1.82, 2.24) is 5.32 Å². The number of carbonyl (C=O) groups is 1. The Morgan fingerprint density at radius 2 is 2.08 bits per heavy atom. The van der Waals surface area contributed by atoms with Gasteiger partial charge in [0.1, 0.15) is 5.60 Å². The Morgan fingerprint density at radius 1 is 1.58 bits per heavy atom. The lowest BCUT2D eigenvalue weighted by molar-refractivity contribution is 0.0512. The topological polar surface area (TPSA) is 64.3 Å². The van der Waals surface area contributed by atoms with Crippen LogP contribution in [0, 0.1) is 6.42 Å². The van der Waals surface area contributed by atoms with Crippen LogP contribution in [0.1, 0.15) is 27.7 Å². The highest BCUT2D eigenvalue weighted by Gasteiger charge is 2.16. The summed E-state index contributed by atoms with van der Waals surface area (Å²) in [5.74, 6) is 0. The molecule has 1 amide bonds. The molecule has 71 valence electrons. The van der Waals surface area contributed by atoms with Crippen molar-refractivity contribution in [3.63, 3.8) is 0 Å². The molecule has 0 spiro atoms. The van der Waals surface area contributed by atoms with Crippen molar-refractivity contribution in [2.45, 2.75) is 39.5 Å². The maximum atomic E-state index is 11.0. The van der Waals surface area contributed by atoms with Crippen molar-refractivity contribution >= 4 is 6.09 Å². The molecule has 0 aliphatic carbocycles. The second-order valence-corrected chi connectivity index (χ2v) is 3.51. The zero-order valence-corrected chi connectivity index (χ0v) is 8.05. The van der Waals surface area contributed by atoms with E-state index in [1.54, 1.807) is 34.1 Å². The molecule has 1 radical (unpaired) electrons. The number of ether oxygens (including phenoxy) is 1. The van der Waals surface area contributed by atoms with E-state index in [0.29, 0.717) is 0 Å². The van der Waals surface area contributed by atoms with Gasteiger partial charge >= 0.3 is 6.09 Å². The molecule has 0 aromatic heterocycles. The Hall–Kier alpha value is -0.770. The second-order valence-electron chi connectivity index (χ2n) is 3.51. The molecule has 0 saturated carbocycles. The Bertz CT molecular complexity index is 152. The molecule has 0 heterocycles. The summed E-state index contributed by atoms with van der Waals surface area (Å²) in [4.78, 5) is 11.0. The van der Waals surface area contributed by atoms with Gasteiger partial charge in [-0.05, 0) is 27.2 Å². The van der Waals surface area contributed by atoms with Crippen LogP contribution in [-0.4, -0.2) is 17.9 Å². The van der Waals surface area contributed by atoms with E-state index in [4.69, 9.17) is 10.5 Å². The quantitative estimate of drug-likeness (QED) is 0.613. The molecule has 3 N–H and O–H groups in total. The number of alkyl carbamates (subject to hydrolysis) is 1. The fourth-order valence-electron chi connectivity index (χ4n) is 0.527. The summed E-state index contributed by atoms with van der Waals surface area (Å²) in [6, 6.07) is 0. The van der Waals surface area contributed by atoms with Gasteiger partial charge in [0.25, 0.3) is 0 Å². The lowest BCUT2D eigenvalue weighted by Crippen LogP contribution is -2.43.